The lowest BCUT2D eigenvalue weighted by Crippen LogP contribution is -2.44. The molecule has 0 saturated carbocycles. The van der Waals surface area contributed by atoms with Crippen molar-refractivity contribution in [3.63, 3.8) is 0 Å². The average Bonchev–Trinajstić information content (AvgIpc) is 2.44. The van der Waals surface area contributed by atoms with E-state index in [1.807, 2.05) is 12.1 Å². The lowest BCUT2D eigenvalue weighted by molar-refractivity contribution is -0.130. The van der Waals surface area contributed by atoms with Crippen molar-refractivity contribution in [1.82, 2.24) is 9.80 Å². The molecule has 1 atom stereocenters. The number of ketones is 1. The van der Waals surface area contributed by atoms with Gasteiger partial charge < -0.3 is 4.90 Å². The van der Waals surface area contributed by atoms with Crippen LogP contribution in [0.4, 0.5) is 0 Å². The third-order valence-electron chi connectivity index (χ3n) is 4.42. The van der Waals surface area contributed by atoms with Crippen LogP contribution in [-0.2, 0) is 11.2 Å². The van der Waals surface area contributed by atoms with Crippen molar-refractivity contribution < 1.29 is 9.59 Å². The van der Waals surface area contributed by atoms with E-state index in [0.717, 1.165) is 24.9 Å². The quantitative estimate of drug-likeness (QED) is 0.822. The smallest absolute Gasteiger partial charge is 0.236 e. The molecule has 1 unspecified atom stereocenters. The van der Waals surface area contributed by atoms with Crippen molar-refractivity contribution in [2.75, 3.05) is 27.2 Å². The first-order chi connectivity index (χ1) is 9.58. The first kappa shape index (κ1) is 13.3. The summed E-state index contributed by atoms with van der Waals surface area (Å²) in [6.07, 6.45) is 2.35. The number of amides is 1. The van der Waals surface area contributed by atoms with Crippen molar-refractivity contribution >= 4 is 11.7 Å². The second-order valence-corrected chi connectivity index (χ2v) is 5.86. The number of hydrogen-bond acceptors (Lipinski definition) is 3. The molecule has 1 aromatic carbocycles. The molecule has 1 aliphatic carbocycles. The molecule has 4 nitrogen and oxygen atoms in total. The van der Waals surface area contributed by atoms with Gasteiger partial charge in [0.05, 0.1) is 6.54 Å². The van der Waals surface area contributed by atoms with Crippen LogP contribution in [0.15, 0.2) is 18.2 Å². The van der Waals surface area contributed by atoms with Gasteiger partial charge in [0, 0.05) is 38.7 Å². The molecule has 1 aromatic rings. The second-order valence-electron chi connectivity index (χ2n) is 5.86. The SMILES string of the molecule is CN(C)C(=O)CN1CCc2cccc3c2C1CCC3=O. The molecule has 4 heteroatoms. The summed E-state index contributed by atoms with van der Waals surface area (Å²) in [5.41, 5.74) is 3.34. The van der Waals surface area contributed by atoms with Gasteiger partial charge in [-0.1, -0.05) is 18.2 Å². The van der Waals surface area contributed by atoms with Gasteiger partial charge in [0.2, 0.25) is 5.91 Å². The van der Waals surface area contributed by atoms with Crippen LogP contribution in [0.1, 0.15) is 40.4 Å². The van der Waals surface area contributed by atoms with Gasteiger partial charge in [0.1, 0.15) is 0 Å². The van der Waals surface area contributed by atoms with Crippen LogP contribution in [0.2, 0.25) is 0 Å². The van der Waals surface area contributed by atoms with Crippen LogP contribution in [0.25, 0.3) is 0 Å². The number of benzene rings is 1. The molecule has 3 rings (SSSR count). The van der Waals surface area contributed by atoms with Gasteiger partial charge in [-0.25, -0.2) is 0 Å². The molecule has 0 fully saturated rings. The zero-order valence-electron chi connectivity index (χ0n) is 12.1. The van der Waals surface area contributed by atoms with Crippen molar-refractivity contribution in [2.24, 2.45) is 0 Å². The number of likely N-dealkylation sites (N-methyl/N-ethyl adjacent to an activating group) is 1. The molecule has 2 aliphatic rings. The maximum Gasteiger partial charge on any atom is 0.236 e. The molecule has 0 aromatic heterocycles. The summed E-state index contributed by atoms with van der Waals surface area (Å²) >= 11 is 0. The second kappa shape index (κ2) is 5.02. The topological polar surface area (TPSA) is 40.6 Å². The minimum atomic E-state index is 0.128. The van der Waals surface area contributed by atoms with Crippen molar-refractivity contribution in [1.29, 1.82) is 0 Å². The highest BCUT2D eigenvalue weighted by molar-refractivity contribution is 5.99. The monoisotopic (exact) mass is 272 g/mol. The molecule has 0 bridgehead atoms. The number of hydrogen-bond donors (Lipinski definition) is 0. The van der Waals surface area contributed by atoms with E-state index in [2.05, 4.69) is 11.0 Å². The fourth-order valence-corrected chi connectivity index (χ4v) is 3.30. The number of Topliss-reactive ketones (excluding diaryl/α,β-unsaturated/α-hetero) is 1. The summed E-state index contributed by atoms with van der Waals surface area (Å²) in [5.74, 6) is 0.377. The molecular weight excluding hydrogens is 252 g/mol. The first-order valence-electron chi connectivity index (χ1n) is 7.17. The van der Waals surface area contributed by atoms with Crippen LogP contribution in [-0.4, -0.2) is 48.7 Å². The molecule has 1 aliphatic heterocycles. The van der Waals surface area contributed by atoms with Crippen LogP contribution in [0.5, 0.6) is 0 Å². The minimum absolute atomic E-state index is 0.128. The predicted molar refractivity (Wildman–Crippen MR) is 76.7 cm³/mol. The van der Waals surface area contributed by atoms with Crippen LogP contribution < -0.4 is 0 Å². The molecule has 0 saturated heterocycles. The molecule has 1 heterocycles. The molecule has 20 heavy (non-hydrogen) atoms. The normalized spacial score (nSPS) is 21.5. The predicted octanol–water partition coefficient (Wildman–Crippen LogP) is 1.65. The van der Waals surface area contributed by atoms with Crippen LogP contribution in [0, 0.1) is 0 Å². The Morgan fingerprint density at radius 2 is 2.15 bits per heavy atom. The Morgan fingerprint density at radius 1 is 1.35 bits per heavy atom. The van der Waals surface area contributed by atoms with E-state index in [0.29, 0.717) is 13.0 Å². The number of rotatable bonds is 2. The minimum Gasteiger partial charge on any atom is -0.348 e. The van der Waals surface area contributed by atoms with E-state index in [1.54, 1.807) is 19.0 Å². The van der Waals surface area contributed by atoms with Gasteiger partial charge in [0.15, 0.2) is 5.78 Å². The fourth-order valence-electron chi connectivity index (χ4n) is 3.30. The average molecular weight is 272 g/mol. The summed E-state index contributed by atoms with van der Waals surface area (Å²) in [4.78, 5) is 27.9. The van der Waals surface area contributed by atoms with Gasteiger partial charge in [-0.05, 0) is 24.0 Å². The number of carbonyl (C=O) groups excluding carboxylic acids is 2. The third-order valence-corrected chi connectivity index (χ3v) is 4.42. The van der Waals surface area contributed by atoms with Gasteiger partial charge in [0.25, 0.3) is 0 Å². The van der Waals surface area contributed by atoms with E-state index >= 15 is 0 Å². The fraction of sp³-hybridized carbons (Fsp3) is 0.500. The maximum atomic E-state index is 12.1. The molecular formula is C16H20N2O2. The van der Waals surface area contributed by atoms with E-state index in [-0.39, 0.29) is 17.7 Å². The first-order valence-corrected chi connectivity index (χ1v) is 7.17. The van der Waals surface area contributed by atoms with Gasteiger partial charge in [-0.15, -0.1) is 0 Å². The Morgan fingerprint density at radius 3 is 2.90 bits per heavy atom. The summed E-state index contributed by atoms with van der Waals surface area (Å²) in [5, 5.41) is 0. The van der Waals surface area contributed by atoms with Crippen molar-refractivity contribution in [2.45, 2.75) is 25.3 Å². The van der Waals surface area contributed by atoms with Gasteiger partial charge in [-0.2, -0.15) is 0 Å². The van der Waals surface area contributed by atoms with Crippen molar-refractivity contribution in [3.05, 3.63) is 34.9 Å². The summed E-state index contributed by atoms with van der Waals surface area (Å²) in [7, 11) is 3.58. The highest BCUT2D eigenvalue weighted by Crippen LogP contribution is 2.39. The lowest BCUT2D eigenvalue weighted by atomic mass is 9.80. The number of carbonyl (C=O) groups is 2. The van der Waals surface area contributed by atoms with E-state index in [1.165, 1.54) is 11.1 Å². The Hall–Kier alpha value is -1.68. The zero-order valence-corrected chi connectivity index (χ0v) is 12.1. The van der Waals surface area contributed by atoms with Crippen LogP contribution in [0.3, 0.4) is 0 Å². The summed E-state index contributed by atoms with van der Waals surface area (Å²) < 4.78 is 0. The molecule has 0 radical (unpaired) electrons. The van der Waals surface area contributed by atoms with Gasteiger partial charge in [-0.3, -0.25) is 14.5 Å². The third kappa shape index (κ3) is 2.14. The highest BCUT2D eigenvalue weighted by atomic mass is 16.2. The van der Waals surface area contributed by atoms with Crippen LogP contribution >= 0.6 is 0 Å². The highest BCUT2D eigenvalue weighted by Gasteiger charge is 2.35. The Labute approximate surface area is 119 Å². The molecule has 106 valence electrons. The Bertz CT molecular complexity index is 566. The van der Waals surface area contributed by atoms with Gasteiger partial charge >= 0.3 is 0 Å². The molecule has 0 spiro atoms. The molecule has 0 N–H and O–H groups in total. The lowest BCUT2D eigenvalue weighted by Gasteiger charge is -2.40. The van der Waals surface area contributed by atoms with E-state index < -0.39 is 0 Å². The Balaban J connectivity index is 1.93. The molecule has 1 amide bonds. The standard InChI is InChI=1S/C16H20N2O2/c1-17(2)15(20)10-18-9-8-11-4-3-5-12-14(19)7-6-13(18)16(11)12/h3-5,13H,6-10H2,1-2H3. The Kier molecular flexibility index (Phi) is 3.34. The number of nitrogens with zero attached hydrogens (tertiary/aromatic N) is 2. The summed E-state index contributed by atoms with van der Waals surface area (Å²) in [6.45, 7) is 1.34. The van der Waals surface area contributed by atoms with E-state index in [4.69, 9.17) is 0 Å². The largest absolute Gasteiger partial charge is 0.348 e. The summed E-state index contributed by atoms with van der Waals surface area (Å²) in [6, 6.07) is 6.27. The zero-order chi connectivity index (χ0) is 14.3. The maximum absolute atomic E-state index is 12.1. The van der Waals surface area contributed by atoms with Crippen molar-refractivity contribution in [3.8, 4) is 0 Å². The van der Waals surface area contributed by atoms with E-state index in [9.17, 15) is 9.59 Å².